The van der Waals surface area contributed by atoms with Crippen LogP contribution in [0.25, 0.3) is 0 Å². The smallest absolute Gasteiger partial charge is 0.394 e. The normalized spacial score (nSPS) is 30.2. The number of nitrogens with one attached hydrogen (secondary N) is 1. The van der Waals surface area contributed by atoms with Crippen LogP contribution in [0.1, 0.15) is 48.9 Å². The second-order valence-corrected chi connectivity index (χ2v) is 6.73. The maximum Gasteiger partial charge on any atom is 0.394 e. The lowest BCUT2D eigenvalue weighted by Gasteiger charge is -2.53. The number of rotatable bonds is 4. The van der Waals surface area contributed by atoms with Crippen molar-refractivity contribution in [2.24, 2.45) is 10.8 Å². The Morgan fingerprint density at radius 2 is 1.65 bits per heavy atom. The van der Waals surface area contributed by atoms with E-state index < -0.39 is 17.6 Å². The number of alkyl halides is 3. The number of carbonyl (C=O) groups is 1. The predicted molar refractivity (Wildman–Crippen MR) is 76.1 cm³/mol. The van der Waals surface area contributed by atoms with Gasteiger partial charge in [-0.1, -0.05) is 0 Å². The zero-order valence-corrected chi connectivity index (χ0v) is 12.5. The molecule has 3 aliphatic carbocycles. The molecule has 2 N–H and O–H groups in total. The summed E-state index contributed by atoms with van der Waals surface area (Å²) < 4.78 is 39.6. The van der Waals surface area contributed by atoms with Gasteiger partial charge in [-0.2, -0.15) is 13.2 Å². The number of aromatic nitrogens is 2. The molecule has 4 rings (SSSR count). The first kappa shape index (κ1) is 16.0. The maximum atomic E-state index is 13.2. The van der Waals surface area contributed by atoms with Crippen LogP contribution >= 0.6 is 0 Å². The Morgan fingerprint density at radius 1 is 1.13 bits per heavy atom. The van der Waals surface area contributed by atoms with Crippen molar-refractivity contribution in [3.05, 3.63) is 18.0 Å². The number of hydrogen-bond acceptors (Lipinski definition) is 4. The predicted octanol–water partition coefficient (Wildman–Crippen LogP) is 3.49. The molecule has 5 nitrogen and oxygen atoms in total. The van der Waals surface area contributed by atoms with Crippen LogP contribution in [0.15, 0.2) is 12.4 Å². The average molecular weight is 329 g/mol. The molecular weight excluding hydrogens is 311 g/mol. The van der Waals surface area contributed by atoms with Crippen molar-refractivity contribution in [2.75, 3.05) is 11.9 Å². The summed E-state index contributed by atoms with van der Waals surface area (Å²) in [5.74, 6) is -0.791. The van der Waals surface area contributed by atoms with Gasteiger partial charge >= 0.3 is 12.1 Å². The van der Waals surface area contributed by atoms with Gasteiger partial charge in [-0.25, -0.2) is 14.8 Å². The van der Waals surface area contributed by atoms with Crippen LogP contribution < -0.4 is 5.32 Å². The molecule has 0 aliphatic heterocycles. The van der Waals surface area contributed by atoms with Gasteiger partial charge < -0.3 is 10.4 Å². The van der Waals surface area contributed by atoms with Crippen LogP contribution in [0, 0.1) is 10.8 Å². The molecule has 3 fully saturated rings. The molecule has 0 amide bonds. The monoisotopic (exact) mass is 329 g/mol. The molecule has 0 spiro atoms. The first-order chi connectivity index (χ1) is 10.8. The number of carboxylic acid groups (broad SMARTS) is 1. The van der Waals surface area contributed by atoms with E-state index in [2.05, 4.69) is 15.3 Å². The molecule has 0 unspecified atom stereocenters. The third-order valence-electron chi connectivity index (χ3n) is 5.52. The molecule has 0 radical (unpaired) electrons. The van der Waals surface area contributed by atoms with Crippen LogP contribution in [0.5, 0.6) is 0 Å². The Labute approximate surface area is 131 Å². The minimum atomic E-state index is -4.11. The summed E-state index contributed by atoms with van der Waals surface area (Å²) in [5.41, 5.74) is -1.62. The van der Waals surface area contributed by atoms with Gasteiger partial charge in [-0.3, -0.25) is 0 Å². The lowest BCUT2D eigenvalue weighted by Crippen LogP contribution is -2.51. The van der Waals surface area contributed by atoms with Crippen molar-refractivity contribution in [3.63, 3.8) is 0 Å². The van der Waals surface area contributed by atoms with Crippen molar-refractivity contribution < 1.29 is 23.1 Å². The molecule has 23 heavy (non-hydrogen) atoms. The lowest BCUT2D eigenvalue weighted by molar-refractivity contribution is -0.258. The topological polar surface area (TPSA) is 75.1 Å². The van der Waals surface area contributed by atoms with Crippen molar-refractivity contribution in [1.82, 2.24) is 9.97 Å². The lowest BCUT2D eigenvalue weighted by atomic mass is 9.53. The van der Waals surface area contributed by atoms with Gasteiger partial charge in [0.15, 0.2) is 0 Å². The summed E-state index contributed by atoms with van der Waals surface area (Å²) in [6.07, 6.45) is 0.539. The highest BCUT2D eigenvalue weighted by Crippen LogP contribution is 2.62. The summed E-state index contributed by atoms with van der Waals surface area (Å²) >= 11 is 0. The molecule has 1 heterocycles. The molecule has 3 aliphatic rings. The Kier molecular flexibility index (Phi) is 3.72. The summed E-state index contributed by atoms with van der Waals surface area (Å²) in [7, 11) is 0. The summed E-state index contributed by atoms with van der Waals surface area (Å²) in [5, 5.41) is 11.8. The molecule has 0 atom stereocenters. The first-order valence-corrected chi connectivity index (χ1v) is 7.61. The van der Waals surface area contributed by atoms with Gasteiger partial charge in [-0.05, 0) is 43.9 Å². The first-order valence-electron chi connectivity index (χ1n) is 7.61. The third-order valence-corrected chi connectivity index (χ3v) is 5.52. The molecule has 126 valence electrons. The molecule has 0 aromatic carbocycles. The molecule has 1 aromatic heterocycles. The van der Waals surface area contributed by atoms with Crippen molar-refractivity contribution in [3.8, 4) is 0 Å². The van der Waals surface area contributed by atoms with E-state index in [1.54, 1.807) is 0 Å². The Hall–Kier alpha value is -1.86. The van der Waals surface area contributed by atoms with Gasteiger partial charge in [0.05, 0.1) is 11.0 Å². The molecule has 0 saturated heterocycles. The second kappa shape index (κ2) is 5.35. The highest BCUT2D eigenvalue weighted by Gasteiger charge is 2.61. The molecule has 1 aromatic rings. The van der Waals surface area contributed by atoms with Gasteiger partial charge in [0.1, 0.15) is 0 Å². The number of aromatic carboxylic acids is 1. The number of halogens is 3. The SMILES string of the molecule is O=C(O)c1cnc(NCC23CCC(C(F)(F)F)(CC2)CC3)nc1. The molecule has 3 saturated carbocycles. The zero-order chi connectivity index (χ0) is 16.7. The maximum absolute atomic E-state index is 13.2. The van der Waals surface area contributed by atoms with Crippen molar-refractivity contribution in [1.29, 1.82) is 0 Å². The number of fused-ring (bicyclic) bond motifs is 3. The minimum absolute atomic E-state index is 0.000920. The standard InChI is InChI=1S/C15H18F3N3O2/c16-15(17,18)14-4-1-13(2-5-14,3-6-14)9-21-12-19-7-10(8-20-12)11(22)23/h7-8H,1-6,9H2,(H,22,23)(H,19,20,21). The number of nitrogens with zero attached hydrogens (tertiary/aromatic N) is 2. The van der Waals surface area contributed by atoms with Crippen molar-refractivity contribution >= 4 is 11.9 Å². The van der Waals surface area contributed by atoms with Crippen LogP contribution in [-0.2, 0) is 0 Å². The van der Waals surface area contributed by atoms with Crippen LogP contribution in [0.2, 0.25) is 0 Å². The third kappa shape index (κ3) is 2.86. The van der Waals surface area contributed by atoms with E-state index in [-0.39, 0.29) is 30.2 Å². The van der Waals surface area contributed by atoms with Crippen molar-refractivity contribution in [2.45, 2.75) is 44.7 Å². The van der Waals surface area contributed by atoms with E-state index in [9.17, 15) is 18.0 Å². The Bertz CT molecular complexity index is 576. The van der Waals surface area contributed by atoms with E-state index in [0.29, 0.717) is 31.8 Å². The Morgan fingerprint density at radius 3 is 2.09 bits per heavy atom. The molecule has 8 heteroatoms. The largest absolute Gasteiger partial charge is 0.478 e. The second-order valence-electron chi connectivity index (χ2n) is 6.73. The highest BCUT2D eigenvalue weighted by molar-refractivity contribution is 5.86. The Balaban J connectivity index is 1.61. The summed E-state index contributed by atoms with van der Waals surface area (Å²) in [6.45, 7) is 0.521. The highest BCUT2D eigenvalue weighted by atomic mass is 19.4. The van der Waals surface area contributed by atoms with Gasteiger partial charge in [0, 0.05) is 18.9 Å². The number of carboxylic acids is 1. The van der Waals surface area contributed by atoms with Crippen LogP contribution in [0.4, 0.5) is 19.1 Å². The number of hydrogen-bond donors (Lipinski definition) is 2. The van der Waals surface area contributed by atoms with Gasteiger partial charge in [0.2, 0.25) is 5.95 Å². The summed E-state index contributed by atoms with van der Waals surface area (Å²) in [4.78, 5) is 18.6. The summed E-state index contributed by atoms with van der Waals surface area (Å²) in [6, 6.07) is 0. The van der Waals surface area contributed by atoms with Crippen LogP contribution in [-0.4, -0.2) is 33.8 Å². The quantitative estimate of drug-likeness (QED) is 0.884. The fourth-order valence-electron chi connectivity index (χ4n) is 3.75. The van der Waals surface area contributed by atoms with Gasteiger partial charge in [-0.15, -0.1) is 0 Å². The van der Waals surface area contributed by atoms with Gasteiger partial charge in [0.25, 0.3) is 0 Å². The van der Waals surface area contributed by atoms with E-state index in [0.717, 1.165) is 0 Å². The minimum Gasteiger partial charge on any atom is -0.478 e. The van der Waals surface area contributed by atoms with E-state index in [1.807, 2.05) is 0 Å². The van der Waals surface area contributed by atoms with Crippen LogP contribution in [0.3, 0.4) is 0 Å². The number of anilines is 1. The van der Waals surface area contributed by atoms with E-state index in [1.165, 1.54) is 12.4 Å². The fourth-order valence-corrected chi connectivity index (χ4v) is 3.75. The van der Waals surface area contributed by atoms with E-state index >= 15 is 0 Å². The molecule has 2 bridgehead atoms. The zero-order valence-electron chi connectivity index (χ0n) is 12.5. The average Bonchev–Trinajstić information content (AvgIpc) is 2.54. The molecular formula is C15H18F3N3O2. The fraction of sp³-hybridized carbons (Fsp3) is 0.667. The van der Waals surface area contributed by atoms with E-state index in [4.69, 9.17) is 5.11 Å².